The minimum absolute atomic E-state index is 0.100. The van der Waals surface area contributed by atoms with E-state index in [0.717, 1.165) is 38.9 Å². The average molecular weight is 201 g/mol. The summed E-state index contributed by atoms with van der Waals surface area (Å²) in [6.07, 6.45) is 4.27. The van der Waals surface area contributed by atoms with Crippen molar-refractivity contribution in [1.29, 1.82) is 0 Å². The molecule has 1 aliphatic heterocycles. The zero-order valence-electron chi connectivity index (χ0n) is 9.38. The third-order valence-electron chi connectivity index (χ3n) is 2.92. The van der Waals surface area contributed by atoms with Crippen molar-refractivity contribution in [3.63, 3.8) is 0 Å². The van der Waals surface area contributed by atoms with Crippen molar-refractivity contribution < 1.29 is 9.84 Å². The van der Waals surface area contributed by atoms with Crippen LogP contribution in [0, 0.1) is 0 Å². The number of aliphatic hydroxyl groups is 1. The maximum atomic E-state index is 9.35. The van der Waals surface area contributed by atoms with E-state index in [4.69, 9.17) is 4.74 Å². The van der Waals surface area contributed by atoms with E-state index >= 15 is 0 Å². The fraction of sp³-hybridized carbons (Fsp3) is 1.00. The first-order valence-corrected chi connectivity index (χ1v) is 5.66. The van der Waals surface area contributed by atoms with Crippen LogP contribution in [-0.4, -0.2) is 36.5 Å². The van der Waals surface area contributed by atoms with Crippen molar-refractivity contribution in [1.82, 2.24) is 5.32 Å². The number of nitrogens with one attached hydrogen (secondary N) is 1. The maximum Gasteiger partial charge on any atom is 0.0610 e. The van der Waals surface area contributed by atoms with E-state index in [1.54, 1.807) is 0 Å². The Bertz CT molecular complexity index is 157. The first kappa shape index (κ1) is 12.0. The molecule has 2 N–H and O–H groups in total. The van der Waals surface area contributed by atoms with Gasteiger partial charge in [-0.25, -0.2) is 0 Å². The standard InChI is InChI=1S/C11H23NO2/c1-3-6-11(2,9-13)12-10-4-7-14-8-5-10/h10,12-13H,3-9H2,1-2H3. The van der Waals surface area contributed by atoms with Crippen molar-refractivity contribution in [3.8, 4) is 0 Å². The van der Waals surface area contributed by atoms with Gasteiger partial charge in [-0.1, -0.05) is 13.3 Å². The average Bonchev–Trinajstić information content (AvgIpc) is 2.20. The molecule has 1 unspecified atom stereocenters. The van der Waals surface area contributed by atoms with Crippen LogP contribution in [0.15, 0.2) is 0 Å². The number of ether oxygens (including phenoxy) is 1. The Kier molecular flexibility index (Phi) is 4.85. The highest BCUT2D eigenvalue weighted by Gasteiger charge is 2.26. The molecule has 1 fully saturated rings. The van der Waals surface area contributed by atoms with Crippen LogP contribution in [0.4, 0.5) is 0 Å². The van der Waals surface area contributed by atoms with E-state index in [0.29, 0.717) is 6.04 Å². The van der Waals surface area contributed by atoms with Gasteiger partial charge < -0.3 is 15.2 Å². The molecule has 1 heterocycles. The zero-order chi connectivity index (χ0) is 10.4. The van der Waals surface area contributed by atoms with Crippen LogP contribution in [0.5, 0.6) is 0 Å². The van der Waals surface area contributed by atoms with Crippen molar-refractivity contribution in [2.45, 2.75) is 51.1 Å². The fourth-order valence-corrected chi connectivity index (χ4v) is 2.08. The lowest BCUT2D eigenvalue weighted by Crippen LogP contribution is -2.52. The monoisotopic (exact) mass is 201 g/mol. The molecule has 0 aliphatic carbocycles. The second-order valence-electron chi connectivity index (χ2n) is 4.50. The van der Waals surface area contributed by atoms with Crippen LogP contribution in [0.3, 0.4) is 0 Å². The summed E-state index contributed by atoms with van der Waals surface area (Å²) in [4.78, 5) is 0. The highest BCUT2D eigenvalue weighted by molar-refractivity contribution is 4.86. The topological polar surface area (TPSA) is 41.5 Å². The number of hydrogen-bond donors (Lipinski definition) is 2. The lowest BCUT2D eigenvalue weighted by molar-refractivity contribution is 0.0586. The van der Waals surface area contributed by atoms with Crippen LogP contribution >= 0.6 is 0 Å². The maximum absolute atomic E-state index is 9.35. The van der Waals surface area contributed by atoms with E-state index in [1.165, 1.54) is 0 Å². The van der Waals surface area contributed by atoms with Gasteiger partial charge >= 0.3 is 0 Å². The first-order valence-electron chi connectivity index (χ1n) is 5.66. The molecule has 1 aliphatic rings. The second-order valence-corrected chi connectivity index (χ2v) is 4.50. The highest BCUT2D eigenvalue weighted by Crippen LogP contribution is 2.16. The minimum atomic E-state index is -0.100. The molecule has 1 atom stereocenters. The second kappa shape index (κ2) is 5.69. The molecule has 0 amide bonds. The van der Waals surface area contributed by atoms with Gasteiger partial charge in [-0.15, -0.1) is 0 Å². The number of hydrogen-bond acceptors (Lipinski definition) is 3. The third kappa shape index (κ3) is 3.56. The predicted octanol–water partition coefficient (Wildman–Crippen LogP) is 1.31. The van der Waals surface area contributed by atoms with Crippen LogP contribution < -0.4 is 5.32 Å². The molecule has 1 rings (SSSR count). The van der Waals surface area contributed by atoms with Crippen molar-refractivity contribution in [2.75, 3.05) is 19.8 Å². The van der Waals surface area contributed by atoms with Gasteiger partial charge in [-0.2, -0.15) is 0 Å². The number of aliphatic hydroxyl groups excluding tert-OH is 1. The largest absolute Gasteiger partial charge is 0.394 e. The highest BCUT2D eigenvalue weighted by atomic mass is 16.5. The molecule has 3 nitrogen and oxygen atoms in total. The van der Waals surface area contributed by atoms with E-state index in [1.807, 2.05) is 0 Å². The minimum Gasteiger partial charge on any atom is -0.394 e. The zero-order valence-corrected chi connectivity index (χ0v) is 9.38. The summed E-state index contributed by atoms with van der Waals surface area (Å²) >= 11 is 0. The predicted molar refractivity (Wildman–Crippen MR) is 57.4 cm³/mol. The molecule has 0 bridgehead atoms. The molecule has 0 spiro atoms. The summed E-state index contributed by atoms with van der Waals surface area (Å²) in [5.41, 5.74) is -0.100. The van der Waals surface area contributed by atoms with Crippen LogP contribution in [0.1, 0.15) is 39.5 Å². The van der Waals surface area contributed by atoms with Crippen LogP contribution in [0.2, 0.25) is 0 Å². The molecule has 1 saturated heterocycles. The van der Waals surface area contributed by atoms with Crippen LogP contribution in [0.25, 0.3) is 0 Å². The molecule has 0 saturated carbocycles. The van der Waals surface area contributed by atoms with Gasteiger partial charge in [0, 0.05) is 24.8 Å². The van der Waals surface area contributed by atoms with Gasteiger partial charge in [0.25, 0.3) is 0 Å². The quantitative estimate of drug-likeness (QED) is 0.704. The van der Waals surface area contributed by atoms with Gasteiger partial charge in [0.2, 0.25) is 0 Å². The van der Waals surface area contributed by atoms with Crippen molar-refractivity contribution in [2.24, 2.45) is 0 Å². The van der Waals surface area contributed by atoms with E-state index < -0.39 is 0 Å². The van der Waals surface area contributed by atoms with Gasteiger partial charge in [0.05, 0.1) is 6.61 Å². The molecule has 84 valence electrons. The molecule has 0 radical (unpaired) electrons. The van der Waals surface area contributed by atoms with Crippen LogP contribution in [-0.2, 0) is 4.74 Å². The summed E-state index contributed by atoms with van der Waals surface area (Å²) in [6, 6.07) is 0.521. The third-order valence-corrected chi connectivity index (χ3v) is 2.92. The summed E-state index contributed by atoms with van der Waals surface area (Å²) in [5, 5.41) is 12.9. The van der Waals surface area contributed by atoms with Gasteiger partial charge in [0.15, 0.2) is 0 Å². The Balaban J connectivity index is 2.37. The normalized spacial score (nSPS) is 23.4. The molecule has 14 heavy (non-hydrogen) atoms. The Morgan fingerprint density at radius 2 is 2.07 bits per heavy atom. The number of rotatable bonds is 5. The van der Waals surface area contributed by atoms with E-state index in [9.17, 15) is 5.11 Å². The molecule has 0 aromatic rings. The van der Waals surface area contributed by atoms with Gasteiger partial charge in [-0.3, -0.25) is 0 Å². The fourth-order valence-electron chi connectivity index (χ4n) is 2.08. The molecular weight excluding hydrogens is 178 g/mol. The Morgan fingerprint density at radius 1 is 1.43 bits per heavy atom. The Morgan fingerprint density at radius 3 is 2.57 bits per heavy atom. The molecular formula is C11H23NO2. The smallest absolute Gasteiger partial charge is 0.0610 e. The molecule has 0 aromatic heterocycles. The lowest BCUT2D eigenvalue weighted by Gasteiger charge is -2.35. The van der Waals surface area contributed by atoms with E-state index in [2.05, 4.69) is 19.2 Å². The van der Waals surface area contributed by atoms with Gasteiger partial charge in [-0.05, 0) is 26.2 Å². The van der Waals surface area contributed by atoms with E-state index in [-0.39, 0.29) is 12.1 Å². The van der Waals surface area contributed by atoms with Crippen molar-refractivity contribution >= 4 is 0 Å². The Hall–Kier alpha value is -0.120. The summed E-state index contributed by atoms with van der Waals surface area (Å²) in [5.74, 6) is 0. The summed E-state index contributed by atoms with van der Waals surface area (Å²) < 4.78 is 5.31. The first-order chi connectivity index (χ1) is 6.70. The Labute approximate surface area is 86.8 Å². The molecule has 3 heteroatoms. The summed E-state index contributed by atoms with van der Waals surface area (Å²) in [6.45, 7) is 6.18. The SMILES string of the molecule is CCCC(C)(CO)NC1CCOCC1. The lowest BCUT2D eigenvalue weighted by atomic mass is 9.94. The summed E-state index contributed by atoms with van der Waals surface area (Å²) in [7, 11) is 0. The van der Waals surface area contributed by atoms with Gasteiger partial charge in [0.1, 0.15) is 0 Å². The van der Waals surface area contributed by atoms with Crippen molar-refractivity contribution in [3.05, 3.63) is 0 Å². The molecule has 0 aromatic carbocycles.